The van der Waals surface area contributed by atoms with Crippen molar-refractivity contribution in [3.05, 3.63) is 71.5 Å². The third kappa shape index (κ3) is 3.87. The molecule has 0 aliphatic rings. The van der Waals surface area contributed by atoms with Crippen molar-refractivity contribution in [2.24, 2.45) is 0 Å². The molecular formula is C17H15FN2O2S2. The van der Waals surface area contributed by atoms with Crippen LogP contribution in [0.1, 0.15) is 5.69 Å². The molecule has 0 aliphatic heterocycles. The van der Waals surface area contributed by atoms with Crippen molar-refractivity contribution in [1.82, 2.24) is 9.71 Å². The number of halogens is 1. The fourth-order valence-electron chi connectivity index (χ4n) is 2.18. The van der Waals surface area contributed by atoms with Crippen molar-refractivity contribution in [3.63, 3.8) is 0 Å². The Kier molecular flexibility index (Phi) is 5.03. The highest BCUT2D eigenvalue weighted by molar-refractivity contribution is 7.89. The van der Waals surface area contributed by atoms with E-state index < -0.39 is 10.0 Å². The highest BCUT2D eigenvalue weighted by atomic mass is 32.2. The first-order chi connectivity index (χ1) is 11.6. The second kappa shape index (κ2) is 7.21. The summed E-state index contributed by atoms with van der Waals surface area (Å²) in [5.41, 5.74) is 1.19. The summed E-state index contributed by atoms with van der Waals surface area (Å²) in [5.74, 6) is -0.316. The zero-order chi connectivity index (χ0) is 17.0. The maximum Gasteiger partial charge on any atom is 0.240 e. The lowest BCUT2D eigenvalue weighted by Gasteiger charge is -2.05. The number of nitrogens with one attached hydrogen (secondary N) is 1. The van der Waals surface area contributed by atoms with Crippen LogP contribution < -0.4 is 4.72 Å². The lowest BCUT2D eigenvalue weighted by molar-refractivity contribution is 0.581. The van der Waals surface area contributed by atoms with Gasteiger partial charge in [0.1, 0.15) is 10.8 Å². The minimum Gasteiger partial charge on any atom is -0.241 e. The Labute approximate surface area is 144 Å². The van der Waals surface area contributed by atoms with E-state index in [1.54, 1.807) is 48.5 Å². The molecule has 1 aromatic heterocycles. The van der Waals surface area contributed by atoms with Crippen molar-refractivity contribution in [3.8, 4) is 10.6 Å². The van der Waals surface area contributed by atoms with Gasteiger partial charge in [-0.3, -0.25) is 0 Å². The summed E-state index contributed by atoms with van der Waals surface area (Å²) in [6, 6.07) is 14.7. The predicted molar refractivity (Wildman–Crippen MR) is 92.8 cm³/mol. The van der Waals surface area contributed by atoms with Gasteiger partial charge in [-0.15, -0.1) is 11.3 Å². The molecule has 2 aromatic carbocycles. The van der Waals surface area contributed by atoms with Gasteiger partial charge < -0.3 is 0 Å². The fourth-order valence-corrected chi connectivity index (χ4v) is 4.11. The van der Waals surface area contributed by atoms with Crippen molar-refractivity contribution in [1.29, 1.82) is 0 Å². The minimum absolute atomic E-state index is 0.232. The third-order valence-corrected chi connectivity index (χ3v) is 5.78. The molecule has 0 atom stereocenters. The second-order valence-electron chi connectivity index (χ2n) is 5.08. The quantitative estimate of drug-likeness (QED) is 0.730. The first-order valence-electron chi connectivity index (χ1n) is 7.30. The lowest BCUT2D eigenvalue weighted by atomic mass is 10.2. The van der Waals surface area contributed by atoms with E-state index in [2.05, 4.69) is 9.71 Å². The Morgan fingerprint density at radius 2 is 1.75 bits per heavy atom. The van der Waals surface area contributed by atoms with Crippen LogP contribution in [-0.2, 0) is 16.4 Å². The number of rotatable bonds is 6. The van der Waals surface area contributed by atoms with Gasteiger partial charge in [0.2, 0.25) is 10.0 Å². The molecule has 0 unspecified atom stereocenters. The van der Waals surface area contributed by atoms with Crippen molar-refractivity contribution in [2.45, 2.75) is 11.3 Å². The molecule has 4 nitrogen and oxygen atoms in total. The summed E-state index contributed by atoms with van der Waals surface area (Å²) in [7, 11) is -3.52. The van der Waals surface area contributed by atoms with Gasteiger partial charge in [0.05, 0.1) is 10.6 Å². The van der Waals surface area contributed by atoms with Crippen LogP contribution in [0.25, 0.3) is 10.6 Å². The van der Waals surface area contributed by atoms with Crippen LogP contribution in [-0.4, -0.2) is 19.9 Å². The van der Waals surface area contributed by atoms with Crippen LogP contribution in [0.2, 0.25) is 0 Å². The minimum atomic E-state index is -3.52. The molecule has 3 rings (SSSR count). The number of benzene rings is 2. The number of thiazole rings is 1. The highest BCUT2D eigenvalue weighted by Crippen LogP contribution is 2.26. The Balaban J connectivity index is 1.63. The van der Waals surface area contributed by atoms with Gasteiger partial charge >= 0.3 is 0 Å². The van der Waals surface area contributed by atoms with Gasteiger partial charge in [-0.1, -0.05) is 30.3 Å². The van der Waals surface area contributed by atoms with E-state index in [9.17, 15) is 12.8 Å². The second-order valence-corrected chi connectivity index (χ2v) is 7.71. The summed E-state index contributed by atoms with van der Waals surface area (Å²) in [6.45, 7) is 0.234. The van der Waals surface area contributed by atoms with E-state index in [0.29, 0.717) is 17.0 Å². The van der Waals surface area contributed by atoms with E-state index in [1.807, 2.05) is 5.38 Å². The molecule has 0 amide bonds. The molecular weight excluding hydrogens is 347 g/mol. The summed E-state index contributed by atoms with van der Waals surface area (Å²) in [6.07, 6.45) is 0.441. The third-order valence-electron chi connectivity index (χ3n) is 3.38. The van der Waals surface area contributed by atoms with Crippen molar-refractivity contribution < 1.29 is 12.8 Å². The molecule has 7 heteroatoms. The predicted octanol–water partition coefficient (Wildman–Crippen LogP) is 3.47. The van der Waals surface area contributed by atoms with E-state index >= 15 is 0 Å². The fraction of sp³-hybridized carbons (Fsp3) is 0.118. The largest absolute Gasteiger partial charge is 0.241 e. The van der Waals surface area contributed by atoms with E-state index in [-0.39, 0.29) is 17.3 Å². The molecule has 0 saturated carbocycles. The SMILES string of the molecule is O=S(=O)(NCCc1csc(-c2ccccc2F)n1)c1ccccc1. The van der Waals surface area contributed by atoms with E-state index in [0.717, 1.165) is 5.69 Å². The molecule has 0 radical (unpaired) electrons. The average Bonchev–Trinajstić information content (AvgIpc) is 3.04. The molecule has 0 aliphatic carbocycles. The Bertz CT molecular complexity index is 925. The summed E-state index contributed by atoms with van der Waals surface area (Å²) < 4.78 is 40.5. The monoisotopic (exact) mass is 362 g/mol. The highest BCUT2D eigenvalue weighted by Gasteiger charge is 2.13. The van der Waals surface area contributed by atoms with Crippen LogP contribution in [0.15, 0.2) is 64.9 Å². The number of hydrogen-bond donors (Lipinski definition) is 1. The van der Waals surface area contributed by atoms with Gasteiger partial charge in [-0.05, 0) is 24.3 Å². The summed E-state index contributed by atoms with van der Waals surface area (Å²) in [5, 5.41) is 2.41. The van der Waals surface area contributed by atoms with Crippen LogP contribution in [0, 0.1) is 5.82 Å². The van der Waals surface area contributed by atoms with Crippen LogP contribution in [0.5, 0.6) is 0 Å². The zero-order valence-corrected chi connectivity index (χ0v) is 14.3. The topological polar surface area (TPSA) is 59.1 Å². The number of nitrogens with zero attached hydrogens (tertiary/aromatic N) is 1. The standard InChI is InChI=1S/C17H15FN2O2S2/c18-16-9-5-4-8-15(16)17-20-13(12-23-17)10-11-19-24(21,22)14-6-2-1-3-7-14/h1-9,12,19H,10-11H2. The Hall–Kier alpha value is -2.09. The molecule has 24 heavy (non-hydrogen) atoms. The maximum atomic E-state index is 13.8. The smallest absolute Gasteiger partial charge is 0.240 e. The van der Waals surface area contributed by atoms with Gasteiger partial charge in [0, 0.05) is 23.9 Å². The molecule has 3 aromatic rings. The van der Waals surface area contributed by atoms with Crippen LogP contribution in [0.4, 0.5) is 4.39 Å². The zero-order valence-electron chi connectivity index (χ0n) is 12.6. The van der Waals surface area contributed by atoms with Crippen LogP contribution >= 0.6 is 11.3 Å². The normalized spacial score (nSPS) is 11.5. The first kappa shape index (κ1) is 16.8. The van der Waals surface area contributed by atoms with Crippen LogP contribution in [0.3, 0.4) is 0 Å². The van der Waals surface area contributed by atoms with Gasteiger partial charge in [-0.2, -0.15) is 0 Å². The summed E-state index contributed by atoms with van der Waals surface area (Å²) in [4.78, 5) is 4.61. The van der Waals surface area contributed by atoms with Gasteiger partial charge in [-0.25, -0.2) is 22.5 Å². The van der Waals surface area contributed by atoms with E-state index in [1.165, 1.54) is 17.4 Å². The number of aromatic nitrogens is 1. The van der Waals surface area contributed by atoms with Gasteiger partial charge in [0.15, 0.2) is 0 Å². The number of sulfonamides is 1. The molecule has 124 valence electrons. The lowest BCUT2D eigenvalue weighted by Crippen LogP contribution is -2.26. The van der Waals surface area contributed by atoms with Crippen molar-refractivity contribution in [2.75, 3.05) is 6.54 Å². The molecule has 0 bridgehead atoms. The van der Waals surface area contributed by atoms with E-state index in [4.69, 9.17) is 0 Å². The molecule has 1 N–H and O–H groups in total. The Morgan fingerprint density at radius 3 is 2.50 bits per heavy atom. The summed E-state index contributed by atoms with van der Waals surface area (Å²) >= 11 is 1.34. The average molecular weight is 362 g/mol. The Morgan fingerprint density at radius 1 is 1.04 bits per heavy atom. The molecule has 0 spiro atoms. The first-order valence-corrected chi connectivity index (χ1v) is 9.66. The molecule has 0 fully saturated rings. The van der Waals surface area contributed by atoms with Gasteiger partial charge in [0.25, 0.3) is 0 Å². The number of hydrogen-bond acceptors (Lipinski definition) is 4. The van der Waals surface area contributed by atoms with Crippen molar-refractivity contribution >= 4 is 21.4 Å². The molecule has 1 heterocycles. The molecule has 0 saturated heterocycles. The maximum absolute atomic E-state index is 13.8.